The molecular weight excluding hydrogens is 142 g/mol. The molecule has 0 rings (SSSR count). The summed E-state index contributed by atoms with van der Waals surface area (Å²) >= 11 is 0. The summed E-state index contributed by atoms with van der Waals surface area (Å²) in [6.45, 7) is 5.55. The number of carbonyl (C=O) groups excluding carboxylic acids is 1. The molecule has 3 nitrogen and oxygen atoms in total. The van der Waals surface area contributed by atoms with Crippen LogP contribution >= 0.6 is 0 Å². The lowest BCUT2D eigenvalue weighted by Gasteiger charge is -2.27. The van der Waals surface area contributed by atoms with E-state index in [1.165, 1.54) is 7.11 Å². The molecule has 0 aromatic carbocycles. The molecule has 0 radical (unpaired) electrons. The van der Waals surface area contributed by atoms with Gasteiger partial charge in [0.05, 0.1) is 12.5 Å². The lowest BCUT2D eigenvalue weighted by Crippen LogP contribution is -2.43. The van der Waals surface area contributed by atoms with Crippen LogP contribution in [-0.2, 0) is 9.53 Å². The van der Waals surface area contributed by atoms with Crippen molar-refractivity contribution in [3.05, 3.63) is 0 Å². The van der Waals surface area contributed by atoms with Crippen molar-refractivity contribution in [2.75, 3.05) is 7.11 Å². The molecule has 66 valence electrons. The molecule has 0 unspecified atom stereocenters. The van der Waals surface area contributed by atoms with Crippen LogP contribution in [0.4, 0.5) is 0 Å². The van der Waals surface area contributed by atoms with Crippen LogP contribution in [0, 0.1) is 5.41 Å². The van der Waals surface area contributed by atoms with Crippen LogP contribution in [0.5, 0.6) is 0 Å². The topological polar surface area (TPSA) is 52.3 Å². The molecule has 3 heteroatoms. The Balaban J connectivity index is 4.31. The molecule has 0 saturated heterocycles. The molecule has 2 N–H and O–H groups in total. The van der Waals surface area contributed by atoms with Crippen molar-refractivity contribution in [3.8, 4) is 0 Å². The summed E-state index contributed by atoms with van der Waals surface area (Å²) in [5.74, 6) is -0.244. The number of esters is 1. The zero-order chi connectivity index (χ0) is 9.07. The third-order valence-electron chi connectivity index (χ3n) is 2.08. The van der Waals surface area contributed by atoms with E-state index < -0.39 is 5.41 Å². The van der Waals surface area contributed by atoms with Gasteiger partial charge < -0.3 is 10.5 Å². The monoisotopic (exact) mass is 159 g/mol. The van der Waals surface area contributed by atoms with Crippen LogP contribution in [0.25, 0.3) is 0 Å². The highest BCUT2D eigenvalue weighted by Gasteiger charge is 2.34. The molecule has 0 fully saturated rings. The molecule has 0 bridgehead atoms. The predicted octanol–water partition coefficient (Wildman–Crippen LogP) is 0.923. The highest BCUT2D eigenvalue weighted by Crippen LogP contribution is 2.22. The van der Waals surface area contributed by atoms with Crippen LogP contribution in [0.2, 0.25) is 0 Å². The predicted molar refractivity (Wildman–Crippen MR) is 44.1 cm³/mol. The Labute approximate surface area is 67.9 Å². The number of carbonyl (C=O) groups is 1. The molecule has 1 atom stereocenters. The summed E-state index contributed by atoms with van der Waals surface area (Å²) in [6, 6.07) is -0.130. The molecule has 0 saturated carbocycles. The van der Waals surface area contributed by atoms with Gasteiger partial charge in [-0.25, -0.2) is 0 Å². The number of hydrogen-bond donors (Lipinski definition) is 1. The minimum absolute atomic E-state index is 0.130. The Morgan fingerprint density at radius 1 is 1.64 bits per heavy atom. The van der Waals surface area contributed by atoms with Gasteiger partial charge in [-0.05, 0) is 20.3 Å². The summed E-state index contributed by atoms with van der Waals surface area (Å²) in [5.41, 5.74) is 5.16. The average Bonchev–Trinajstić information content (AvgIpc) is 2.01. The van der Waals surface area contributed by atoms with Gasteiger partial charge in [-0.1, -0.05) is 6.92 Å². The van der Waals surface area contributed by atoms with Gasteiger partial charge in [0.15, 0.2) is 0 Å². The third-order valence-corrected chi connectivity index (χ3v) is 2.08. The van der Waals surface area contributed by atoms with Crippen molar-refractivity contribution in [2.24, 2.45) is 11.1 Å². The van der Waals surface area contributed by atoms with Crippen LogP contribution in [0.1, 0.15) is 27.2 Å². The van der Waals surface area contributed by atoms with Crippen molar-refractivity contribution < 1.29 is 9.53 Å². The average molecular weight is 159 g/mol. The van der Waals surface area contributed by atoms with E-state index in [-0.39, 0.29) is 12.0 Å². The van der Waals surface area contributed by atoms with Gasteiger partial charge >= 0.3 is 5.97 Å². The van der Waals surface area contributed by atoms with Gasteiger partial charge in [0.25, 0.3) is 0 Å². The lowest BCUT2D eigenvalue weighted by atomic mass is 9.84. The summed E-state index contributed by atoms with van der Waals surface area (Å²) in [5, 5.41) is 0. The van der Waals surface area contributed by atoms with Crippen molar-refractivity contribution in [2.45, 2.75) is 33.2 Å². The van der Waals surface area contributed by atoms with Crippen LogP contribution in [0.15, 0.2) is 0 Å². The third kappa shape index (κ3) is 2.19. The Morgan fingerprint density at radius 3 is 2.36 bits per heavy atom. The molecule has 0 aromatic rings. The molecule has 0 heterocycles. The van der Waals surface area contributed by atoms with Crippen LogP contribution in [0.3, 0.4) is 0 Å². The van der Waals surface area contributed by atoms with Crippen molar-refractivity contribution >= 4 is 5.97 Å². The minimum atomic E-state index is -0.566. The number of nitrogens with two attached hydrogens (primary N) is 1. The Kier molecular flexibility index (Phi) is 3.52. The zero-order valence-electron chi connectivity index (χ0n) is 7.68. The molecule has 0 aliphatic heterocycles. The maximum absolute atomic E-state index is 11.1. The van der Waals surface area contributed by atoms with Gasteiger partial charge in [0.2, 0.25) is 0 Å². The van der Waals surface area contributed by atoms with E-state index in [1.54, 1.807) is 13.8 Å². The fourth-order valence-corrected chi connectivity index (χ4v) is 0.925. The van der Waals surface area contributed by atoms with Crippen LogP contribution < -0.4 is 5.73 Å². The van der Waals surface area contributed by atoms with Crippen molar-refractivity contribution in [3.63, 3.8) is 0 Å². The minimum Gasteiger partial charge on any atom is -0.469 e. The van der Waals surface area contributed by atoms with E-state index in [0.717, 1.165) is 6.42 Å². The van der Waals surface area contributed by atoms with Crippen LogP contribution in [-0.4, -0.2) is 19.1 Å². The summed E-state index contributed by atoms with van der Waals surface area (Å²) in [7, 11) is 1.38. The quantitative estimate of drug-likeness (QED) is 0.623. The first kappa shape index (κ1) is 10.4. The molecule has 0 aromatic heterocycles. The summed E-state index contributed by atoms with van der Waals surface area (Å²) in [4.78, 5) is 11.1. The second-order valence-corrected chi connectivity index (χ2v) is 3.23. The van der Waals surface area contributed by atoms with Gasteiger partial charge in [0, 0.05) is 6.04 Å². The second kappa shape index (κ2) is 3.72. The van der Waals surface area contributed by atoms with E-state index in [2.05, 4.69) is 4.74 Å². The highest BCUT2D eigenvalue weighted by molar-refractivity contribution is 5.76. The number of methoxy groups -OCH3 is 1. The number of ether oxygens (including phenoxy) is 1. The van der Waals surface area contributed by atoms with Crippen molar-refractivity contribution in [1.29, 1.82) is 0 Å². The largest absolute Gasteiger partial charge is 0.469 e. The summed E-state index contributed by atoms with van der Waals surface area (Å²) in [6.07, 6.45) is 0.780. The fourth-order valence-electron chi connectivity index (χ4n) is 0.925. The van der Waals surface area contributed by atoms with E-state index in [0.29, 0.717) is 0 Å². The second-order valence-electron chi connectivity index (χ2n) is 3.23. The lowest BCUT2D eigenvalue weighted by molar-refractivity contribution is -0.151. The van der Waals surface area contributed by atoms with E-state index in [9.17, 15) is 4.79 Å². The fraction of sp³-hybridized carbons (Fsp3) is 0.875. The van der Waals surface area contributed by atoms with E-state index in [1.807, 2.05) is 6.92 Å². The van der Waals surface area contributed by atoms with Crippen molar-refractivity contribution in [1.82, 2.24) is 0 Å². The Hall–Kier alpha value is -0.570. The Morgan fingerprint density at radius 2 is 2.09 bits per heavy atom. The first-order valence-electron chi connectivity index (χ1n) is 3.80. The van der Waals surface area contributed by atoms with Gasteiger partial charge in [-0.15, -0.1) is 0 Å². The standard InChI is InChI=1S/C8H17NO2/c1-5-6(9)8(2,3)7(10)11-4/h6H,5,9H2,1-4H3/t6-/m0/s1. The maximum atomic E-state index is 11.1. The van der Waals surface area contributed by atoms with Gasteiger partial charge in [-0.3, -0.25) is 4.79 Å². The maximum Gasteiger partial charge on any atom is 0.312 e. The molecule has 0 spiro atoms. The van der Waals surface area contributed by atoms with E-state index >= 15 is 0 Å². The summed E-state index contributed by atoms with van der Waals surface area (Å²) < 4.78 is 4.62. The first-order valence-corrected chi connectivity index (χ1v) is 3.80. The highest BCUT2D eigenvalue weighted by atomic mass is 16.5. The first-order chi connectivity index (χ1) is 4.96. The van der Waals surface area contributed by atoms with Gasteiger partial charge in [-0.2, -0.15) is 0 Å². The molecule has 11 heavy (non-hydrogen) atoms. The smallest absolute Gasteiger partial charge is 0.312 e. The van der Waals surface area contributed by atoms with E-state index in [4.69, 9.17) is 5.73 Å². The zero-order valence-corrected chi connectivity index (χ0v) is 7.68. The number of hydrogen-bond acceptors (Lipinski definition) is 3. The molecule has 0 aliphatic rings. The molecule has 0 amide bonds. The molecule has 0 aliphatic carbocycles. The van der Waals surface area contributed by atoms with Gasteiger partial charge in [0.1, 0.15) is 0 Å². The Bertz CT molecular complexity index is 143. The number of rotatable bonds is 3. The SMILES string of the molecule is CC[C@H](N)C(C)(C)C(=O)OC. The normalized spacial score (nSPS) is 14.3. The molecular formula is C8H17NO2.